The summed E-state index contributed by atoms with van der Waals surface area (Å²) in [5, 5.41) is 3.35. The Morgan fingerprint density at radius 1 is 1.17 bits per heavy atom. The van der Waals surface area contributed by atoms with Gasteiger partial charge < -0.3 is 4.90 Å². The van der Waals surface area contributed by atoms with Crippen LogP contribution < -0.4 is 0 Å². The molecule has 1 aromatic heterocycles. The molecule has 1 atom stereocenters. The number of hydrogen-bond acceptors (Lipinski definition) is 4. The molecule has 1 unspecified atom stereocenters. The van der Waals surface area contributed by atoms with E-state index in [-0.39, 0.29) is 17.0 Å². The number of pyridine rings is 1. The Morgan fingerprint density at radius 2 is 1.92 bits per heavy atom. The van der Waals surface area contributed by atoms with Crippen LogP contribution in [0.5, 0.6) is 0 Å². The fraction of sp³-hybridized carbons (Fsp3) is 0.294. The Hall–Kier alpha value is -0.560. The molecule has 1 aliphatic rings. The zero-order valence-corrected chi connectivity index (χ0v) is 17.8. The van der Waals surface area contributed by atoms with Crippen molar-refractivity contribution in [3.05, 3.63) is 64.9 Å². The van der Waals surface area contributed by atoms with Crippen molar-refractivity contribution in [2.24, 2.45) is 4.99 Å². The van der Waals surface area contributed by atoms with Crippen LogP contribution in [0, 0.1) is 0 Å². The predicted octanol–water partition coefficient (Wildman–Crippen LogP) is 5.18. The molecule has 0 saturated carbocycles. The highest BCUT2D eigenvalue weighted by Crippen LogP contribution is 2.27. The van der Waals surface area contributed by atoms with Crippen molar-refractivity contribution in [3.63, 3.8) is 0 Å². The van der Waals surface area contributed by atoms with Gasteiger partial charge in [0.05, 0.1) is 6.54 Å². The largest absolute Gasteiger partial charge is 0.343 e. The maximum Gasteiger partial charge on any atom is 0.160 e. The summed E-state index contributed by atoms with van der Waals surface area (Å²) in [4.78, 5) is 11.3. The molecule has 1 aliphatic heterocycles. The lowest BCUT2D eigenvalue weighted by molar-refractivity contribution is 0.414. The number of thioether (sulfide) groups is 1. The summed E-state index contributed by atoms with van der Waals surface area (Å²) in [6.45, 7) is 2.49. The van der Waals surface area contributed by atoms with Crippen molar-refractivity contribution >= 4 is 61.4 Å². The predicted molar refractivity (Wildman–Crippen MR) is 113 cm³/mol. The summed E-state index contributed by atoms with van der Waals surface area (Å²) in [6.07, 6.45) is 3.72. The lowest BCUT2D eigenvalue weighted by atomic mass is 10.2. The van der Waals surface area contributed by atoms with Crippen LogP contribution in [0.15, 0.2) is 53.8 Å². The van der Waals surface area contributed by atoms with Gasteiger partial charge in [0.2, 0.25) is 0 Å². The third-order valence-corrected chi connectivity index (χ3v) is 6.24. The molecule has 0 radical (unpaired) electrons. The Morgan fingerprint density at radius 3 is 2.54 bits per heavy atom. The van der Waals surface area contributed by atoms with Gasteiger partial charge >= 0.3 is 0 Å². The number of aromatic nitrogens is 1. The van der Waals surface area contributed by atoms with E-state index in [4.69, 9.17) is 16.6 Å². The molecular weight excluding hydrogens is 474 g/mol. The molecule has 0 fully saturated rings. The zero-order chi connectivity index (χ0) is 16.1. The SMILES string of the molecule is Br.Clc1ccc(CN(Cc2cccnc2)C2=NCC(CBr)S2)cc1. The van der Waals surface area contributed by atoms with Gasteiger partial charge in [0.25, 0.3) is 0 Å². The molecule has 0 saturated heterocycles. The van der Waals surface area contributed by atoms with Crippen molar-refractivity contribution in [1.29, 1.82) is 0 Å². The number of halogens is 3. The van der Waals surface area contributed by atoms with Crippen LogP contribution in [0.2, 0.25) is 5.02 Å². The average molecular weight is 492 g/mol. The number of aliphatic imine (C=N–C) groups is 1. The van der Waals surface area contributed by atoms with Crippen LogP contribution in [0.25, 0.3) is 0 Å². The first-order chi connectivity index (χ1) is 11.2. The van der Waals surface area contributed by atoms with Crippen molar-refractivity contribution in [3.8, 4) is 0 Å². The number of benzene rings is 1. The van der Waals surface area contributed by atoms with Gasteiger partial charge in [-0.25, -0.2) is 0 Å². The topological polar surface area (TPSA) is 28.5 Å². The Labute approximate surface area is 170 Å². The van der Waals surface area contributed by atoms with Crippen LogP contribution in [0.1, 0.15) is 11.1 Å². The van der Waals surface area contributed by atoms with E-state index in [1.165, 1.54) is 11.1 Å². The molecule has 1 aromatic carbocycles. The van der Waals surface area contributed by atoms with E-state index >= 15 is 0 Å². The van der Waals surface area contributed by atoms with Gasteiger partial charge in [-0.15, -0.1) is 17.0 Å². The number of amidine groups is 1. The molecule has 0 N–H and O–H groups in total. The molecule has 7 heteroatoms. The van der Waals surface area contributed by atoms with E-state index in [2.05, 4.69) is 44.0 Å². The monoisotopic (exact) mass is 489 g/mol. The highest BCUT2D eigenvalue weighted by atomic mass is 79.9. The van der Waals surface area contributed by atoms with Crippen molar-refractivity contribution in [1.82, 2.24) is 9.88 Å². The highest BCUT2D eigenvalue weighted by molar-refractivity contribution is 9.09. The van der Waals surface area contributed by atoms with E-state index in [0.717, 1.165) is 35.2 Å². The normalized spacial score (nSPS) is 16.4. The number of alkyl halides is 1. The molecule has 0 aliphatic carbocycles. The molecule has 2 heterocycles. The second-order valence-corrected chi connectivity index (χ2v) is 7.71. The zero-order valence-electron chi connectivity index (χ0n) is 12.9. The van der Waals surface area contributed by atoms with Crippen LogP contribution >= 0.6 is 56.3 Å². The molecule has 24 heavy (non-hydrogen) atoms. The minimum absolute atomic E-state index is 0. The lowest BCUT2D eigenvalue weighted by Crippen LogP contribution is -2.27. The lowest BCUT2D eigenvalue weighted by Gasteiger charge is -2.24. The average Bonchev–Trinajstić information content (AvgIpc) is 3.06. The Balaban J connectivity index is 0.00000208. The van der Waals surface area contributed by atoms with E-state index in [1.54, 1.807) is 6.20 Å². The summed E-state index contributed by atoms with van der Waals surface area (Å²) >= 11 is 11.4. The van der Waals surface area contributed by atoms with Crippen LogP contribution in [-0.4, -0.2) is 32.2 Å². The number of nitrogens with zero attached hydrogens (tertiary/aromatic N) is 3. The molecule has 0 bridgehead atoms. The van der Waals surface area contributed by atoms with Gasteiger partial charge in [0.1, 0.15) is 0 Å². The Bertz CT molecular complexity index is 667. The minimum Gasteiger partial charge on any atom is -0.343 e. The van der Waals surface area contributed by atoms with Crippen molar-refractivity contribution in [2.75, 3.05) is 11.9 Å². The van der Waals surface area contributed by atoms with Gasteiger partial charge in [-0.05, 0) is 29.3 Å². The van der Waals surface area contributed by atoms with E-state index in [9.17, 15) is 0 Å². The second-order valence-electron chi connectivity index (χ2n) is 5.36. The minimum atomic E-state index is 0. The third-order valence-electron chi connectivity index (χ3n) is 3.53. The standard InChI is InChI=1S/C17H17BrClN3S.BrH/c18-8-16-10-21-17(23-16)22(12-14-2-1-7-20-9-14)11-13-3-5-15(19)6-4-13;/h1-7,9,16H,8,10-12H2;1H. The third kappa shape index (κ3) is 5.48. The van der Waals surface area contributed by atoms with Gasteiger partial charge in [0.15, 0.2) is 5.17 Å². The number of hydrogen-bond donors (Lipinski definition) is 0. The van der Waals surface area contributed by atoms with E-state index < -0.39 is 0 Å². The first kappa shape index (κ1) is 19.8. The summed E-state index contributed by atoms with van der Waals surface area (Å²) in [5.74, 6) is 0. The van der Waals surface area contributed by atoms with Gasteiger partial charge in [-0.3, -0.25) is 9.98 Å². The molecule has 128 valence electrons. The maximum atomic E-state index is 5.99. The summed E-state index contributed by atoms with van der Waals surface area (Å²) in [6, 6.07) is 12.1. The van der Waals surface area contributed by atoms with Crippen LogP contribution in [0.3, 0.4) is 0 Å². The molecule has 2 aromatic rings. The second kappa shape index (κ2) is 9.80. The molecule has 0 spiro atoms. The Kier molecular flexibility index (Phi) is 8.07. The fourth-order valence-corrected chi connectivity index (χ4v) is 4.04. The molecule has 0 amide bonds. The fourth-order valence-electron chi connectivity index (χ4n) is 2.37. The van der Waals surface area contributed by atoms with Gasteiger partial charge in [-0.1, -0.05) is 57.5 Å². The number of rotatable bonds is 5. The van der Waals surface area contributed by atoms with E-state index in [1.807, 2.05) is 36.2 Å². The van der Waals surface area contributed by atoms with Crippen molar-refractivity contribution in [2.45, 2.75) is 18.3 Å². The molecular formula is C17H18Br2ClN3S. The van der Waals surface area contributed by atoms with Crippen LogP contribution in [-0.2, 0) is 13.1 Å². The summed E-state index contributed by atoms with van der Waals surface area (Å²) < 4.78 is 0. The van der Waals surface area contributed by atoms with Crippen molar-refractivity contribution < 1.29 is 0 Å². The molecule has 3 rings (SSSR count). The first-order valence-electron chi connectivity index (χ1n) is 7.40. The van der Waals surface area contributed by atoms with E-state index in [0.29, 0.717) is 5.25 Å². The summed E-state index contributed by atoms with van der Waals surface area (Å²) in [7, 11) is 0. The smallest absolute Gasteiger partial charge is 0.160 e. The first-order valence-corrected chi connectivity index (χ1v) is 9.78. The summed E-state index contributed by atoms with van der Waals surface area (Å²) in [5.41, 5.74) is 2.41. The van der Waals surface area contributed by atoms with Gasteiger partial charge in [-0.2, -0.15) is 0 Å². The quantitative estimate of drug-likeness (QED) is 0.540. The molecule has 3 nitrogen and oxygen atoms in total. The van der Waals surface area contributed by atoms with Crippen LogP contribution in [0.4, 0.5) is 0 Å². The highest BCUT2D eigenvalue weighted by Gasteiger charge is 2.23. The van der Waals surface area contributed by atoms with Gasteiger partial charge in [0, 0.05) is 41.1 Å². The maximum absolute atomic E-state index is 5.99.